The van der Waals surface area contributed by atoms with Crippen LogP contribution < -0.4 is 0 Å². The van der Waals surface area contributed by atoms with Crippen molar-refractivity contribution in [1.82, 2.24) is 0 Å². The van der Waals surface area contributed by atoms with Gasteiger partial charge in [-0.25, -0.2) is 0 Å². The highest BCUT2D eigenvalue weighted by atomic mass is 32.2. The predicted octanol–water partition coefficient (Wildman–Crippen LogP) is 3.12. The van der Waals surface area contributed by atoms with Gasteiger partial charge in [-0.05, 0) is 67.9 Å². The first-order valence-corrected chi connectivity index (χ1v) is 9.51. The zero-order valence-electron chi connectivity index (χ0n) is 12.6. The van der Waals surface area contributed by atoms with Gasteiger partial charge in [-0.3, -0.25) is 14.3 Å². The summed E-state index contributed by atoms with van der Waals surface area (Å²) >= 11 is 0. The van der Waals surface area contributed by atoms with Gasteiger partial charge >= 0.3 is 0 Å². The normalized spacial score (nSPS) is 35.4. The van der Waals surface area contributed by atoms with E-state index in [0.29, 0.717) is 11.8 Å². The summed E-state index contributed by atoms with van der Waals surface area (Å²) in [4.78, 5) is 10.1. The number of rotatable bonds is 4. The van der Waals surface area contributed by atoms with Gasteiger partial charge in [0.2, 0.25) is 0 Å². The van der Waals surface area contributed by atoms with E-state index in [9.17, 15) is 18.5 Å². The largest absolute Gasteiger partial charge is 0.297 e. The number of benzene rings is 1. The van der Waals surface area contributed by atoms with Crippen molar-refractivity contribution < 1.29 is 17.5 Å². The summed E-state index contributed by atoms with van der Waals surface area (Å²) in [6.07, 6.45) is 5.39. The van der Waals surface area contributed by atoms with Crippen LogP contribution in [0.5, 0.6) is 0 Å². The molecular formula is C16H19NO5S. The molecule has 0 amide bonds. The van der Waals surface area contributed by atoms with Crippen LogP contribution in [0, 0.1) is 33.8 Å². The summed E-state index contributed by atoms with van der Waals surface area (Å²) in [5.74, 6) is 2.19. The Morgan fingerprint density at radius 3 is 1.96 bits per heavy atom. The van der Waals surface area contributed by atoms with Crippen LogP contribution in [-0.2, 0) is 14.3 Å². The van der Waals surface area contributed by atoms with Crippen molar-refractivity contribution in [3.8, 4) is 0 Å². The Bertz CT molecular complexity index is 699. The van der Waals surface area contributed by atoms with E-state index >= 15 is 0 Å². The fraction of sp³-hybridized carbons (Fsp3) is 0.625. The van der Waals surface area contributed by atoms with Crippen LogP contribution in [0.4, 0.5) is 5.69 Å². The molecule has 1 aromatic rings. The molecule has 23 heavy (non-hydrogen) atoms. The molecule has 1 aromatic carbocycles. The summed E-state index contributed by atoms with van der Waals surface area (Å²) in [5, 5.41) is 10.7. The third kappa shape index (κ3) is 2.65. The monoisotopic (exact) mass is 337 g/mol. The minimum absolute atomic E-state index is 0.00286. The quantitative estimate of drug-likeness (QED) is 0.478. The molecule has 4 aliphatic rings. The molecule has 0 saturated heterocycles. The summed E-state index contributed by atoms with van der Waals surface area (Å²) in [6, 6.07) is 4.91. The molecule has 0 N–H and O–H groups in total. The van der Waals surface area contributed by atoms with Crippen LogP contribution >= 0.6 is 0 Å². The minimum Gasteiger partial charge on any atom is -0.262 e. The topological polar surface area (TPSA) is 86.5 Å². The molecule has 0 aliphatic heterocycles. The lowest BCUT2D eigenvalue weighted by molar-refractivity contribution is -0.384. The Hall–Kier alpha value is -1.47. The first-order valence-electron chi connectivity index (χ1n) is 8.10. The number of nitrogens with zero attached hydrogens (tertiary/aromatic N) is 1. The van der Waals surface area contributed by atoms with Gasteiger partial charge in [0, 0.05) is 12.1 Å². The number of hydrogen-bond donors (Lipinski definition) is 0. The maximum atomic E-state index is 12.5. The Morgan fingerprint density at radius 2 is 1.48 bits per heavy atom. The van der Waals surface area contributed by atoms with Gasteiger partial charge in [0.05, 0.1) is 15.9 Å². The van der Waals surface area contributed by atoms with Crippen LogP contribution in [0.3, 0.4) is 0 Å². The van der Waals surface area contributed by atoms with E-state index in [1.54, 1.807) is 0 Å². The highest BCUT2D eigenvalue weighted by Crippen LogP contribution is 2.55. The van der Waals surface area contributed by atoms with E-state index in [4.69, 9.17) is 4.18 Å². The Morgan fingerprint density at radius 1 is 0.957 bits per heavy atom. The number of hydrogen-bond acceptors (Lipinski definition) is 5. The van der Waals surface area contributed by atoms with E-state index in [-0.39, 0.29) is 16.7 Å². The van der Waals surface area contributed by atoms with Gasteiger partial charge in [0.1, 0.15) is 0 Å². The molecule has 5 rings (SSSR count). The fourth-order valence-electron chi connectivity index (χ4n) is 4.97. The maximum absolute atomic E-state index is 12.5. The molecule has 0 heterocycles. The van der Waals surface area contributed by atoms with Gasteiger partial charge in [-0.2, -0.15) is 8.42 Å². The van der Waals surface area contributed by atoms with Crippen molar-refractivity contribution in [3.05, 3.63) is 34.4 Å². The number of non-ortho nitro benzene ring substituents is 1. The average molecular weight is 337 g/mol. The van der Waals surface area contributed by atoms with E-state index in [2.05, 4.69) is 0 Å². The minimum atomic E-state index is -3.87. The van der Waals surface area contributed by atoms with Gasteiger partial charge < -0.3 is 0 Å². The smallest absolute Gasteiger partial charge is 0.262 e. The van der Waals surface area contributed by atoms with Crippen molar-refractivity contribution in [3.63, 3.8) is 0 Å². The summed E-state index contributed by atoms with van der Waals surface area (Å²) in [6.45, 7) is 0. The highest BCUT2D eigenvalue weighted by Gasteiger charge is 2.50. The predicted molar refractivity (Wildman–Crippen MR) is 82.2 cm³/mol. The van der Waals surface area contributed by atoms with Crippen LogP contribution in [0.25, 0.3) is 0 Å². The van der Waals surface area contributed by atoms with E-state index in [0.717, 1.165) is 37.5 Å². The summed E-state index contributed by atoms with van der Waals surface area (Å²) in [5.41, 5.74) is -0.126. The molecule has 0 unspecified atom stereocenters. The van der Waals surface area contributed by atoms with Crippen molar-refractivity contribution in [2.24, 2.45) is 23.7 Å². The molecule has 124 valence electrons. The molecule has 0 radical (unpaired) electrons. The van der Waals surface area contributed by atoms with Crippen LogP contribution in [0.2, 0.25) is 0 Å². The molecule has 4 aliphatic carbocycles. The Balaban J connectivity index is 1.54. The molecule has 4 bridgehead atoms. The standard InChI is InChI=1S/C16H19NO5S/c18-17(19)14-1-3-15(4-2-14)23(20,21)22-16-12-6-10-5-11(8-12)9-13(16)7-10/h1-4,10-13,16H,5-9H2. The maximum Gasteiger partial charge on any atom is 0.297 e. The van der Waals surface area contributed by atoms with Crippen molar-refractivity contribution in [2.45, 2.75) is 43.1 Å². The lowest BCUT2D eigenvalue weighted by atomic mass is 9.55. The first kappa shape index (κ1) is 15.1. The summed E-state index contributed by atoms with van der Waals surface area (Å²) in [7, 11) is -3.87. The number of nitro groups is 1. The lowest BCUT2D eigenvalue weighted by Gasteiger charge is -2.53. The molecule has 4 saturated carbocycles. The van der Waals surface area contributed by atoms with E-state index < -0.39 is 15.0 Å². The average Bonchev–Trinajstić information content (AvgIpc) is 2.50. The van der Waals surface area contributed by atoms with E-state index in [1.807, 2.05) is 0 Å². The van der Waals surface area contributed by atoms with Gasteiger partial charge in [-0.1, -0.05) is 0 Å². The zero-order valence-corrected chi connectivity index (χ0v) is 13.4. The molecule has 4 fully saturated rings. The van der Waals surface area contributed by atoms with Gasteiger partial charge in [0.25, 0.3) is 15.8 Å². The Labute approximate surface area is 135 Å². The second kappa shape index (κ2) is 5.27. The van der Waals surface area contributed by atoms with Crippen LogP contribution in [-0.4, -0.2) is 19.4 Å². The molecule has 6 nitrogen and oxygen atoms in total. The van der Waals surface area contributed by atoms with Gasteiger partial charge in [-0.15, -0.1) is 0 Å². The van der Waals surface area contributed by atoms with Crippen molar-refractivity contribution in [2.75, 3.05) is 0 Å². The van der Waals surface area contributed by atoms with Crippen LogP contribution in [0.15, 0.2) is 29.2 Å². The number of nitro benzene ring substituents is 1. The second-order valence-electron chi connectivity index (χ2n) is 7.20. The fourth-order valence-corrected chi connectivity index (χ4v) is 6.16. The zero-order chi connectivity index (χ0) is 16.2. The second-order valence-corrected chi connectivity index (χ2v) is 8.77. The molecule has 7 heteroatoms. The first-order chi connectivity index (χ1) is 10.9. The van der Waals surface area contributed by atoms with Crippen molar-refractivity contribution in [1.29, 1.82) is 0 Å². The summed E-state index contributed by atoms with van der Waals surface area (Å²) < 4.78 is 30.6. The SMILES string of the molecule is O=[N+]([O-])c1ccc(S(=O)(=O)OC2C3CC4CC(C3)CC2C4)cc1. The Kier molecular flexibility index (Phi) is 3.46. The molecule has 0 spiro atoms. The lowest BCUT2D eigenvalue weighted by Crippen LogP contribution is -2.50. The van der Waals surface area contributed by atoms with Crippen LogP contribution in [0.1, 0.15) is 32.1 Å². The molecule has 0 atom stereocenters. The van der Waals surface area contributed by atoms with E-state index in [1.165, 1.54) is 30.7 Å². The van der Waals surface area contributed by atoms with Gasteiger partial charge in [0.15, 0.2) is 0 Å². The highest BCUT2D eigenvalue weighted by molar-refractivity contribution is 7.86. The van der Waals surface area contributed by atoms with Crippen molar-refractivity contribution >= 4 is 15.8 Å². The third-order valence-corrected chi connectivity index (χ3v) is 7.04. The molecule has 0 aromatic heterocycles. The molecular weight excluding hydrogens is 318 g/mol. The third-order valence-electron chi connectivity index (χ3n) is 5.71.